The first-order chi connectivity index (χ1) is 12.6. The minimum Gasteiger partial charge on any atom is -0.438 e. The van der Waals surface area contributed by atoms with Crippen LogP contribution in [0.4, 0.5) is 0 Å². The number of Topliss-reactive ketones (excluding diaryl/α,β-unsaturated/α-hetero) is 1. The molecule has 0 aliphatic carbocycles. The van der Waals surface area contributed by atoms with Gasteiger partial charge in [-0.2, -0.15) is 10.1 Å². The maximum atomic E-state index is 11.1. The summed E-state index contributed by atoms with van der Waals surface area (Å²) in [5.41, 5.74) is 3.75. The maximum Gasteiger partial charge on any atom is 0.230 e. The van der Waals surface area contributed by atoms with Crippen molar-refractivity contribution in [2.75, 3.05) is 0 Å². The number of para-hydroxylation sites is 1. The van der Waals surface area contributed by atoms with E-state index in [1.54, 1.807) is 6.92 Å². The van der Waals surface area contributed by atoms with Crippen LogP contribution >= 0.6 is 0 Å². The van der Waals surface area contributed by atoms with Crippen molar-refractivity contribution in [3.05, 3.63) is 65.9 Å². The number of carbonyl (C=O) groups is 1. The smallest absolute Gasteiger partial charge is 0.230 e. The van der Waals surface area contributed by atoms with Crippen molar-refractivity contribution in [3.63, 3.8) is 0 Å². The normalized spacial score (nSPS) is 11.2. The van der Waals surface area contributed by atoms with Crippen molar-refractivity contribution in [1.29, 1.82) is 0 Å². The molecular formula is C21H19N3O2. The topological polar surface area (TPSA) is 56.5 Å². The fraction of sp³-hybridized carbons (Fsp3) is 0.190. The van der Waals surface area contributed by atoms with Gasteiger partial charge in [0.05, 0.1) is 16.6 Å². The van der Waals surface area contributed by atoms with Crippen molar-refractivity contribution in [2.24, 2.45) is 0 Å². The number of carbonyl (C=O) groups excluding carboxylic acids is 1. The zero-order valence-corrected chi connectivity index (χ0v) is 14.8. The van der Waals surface area contributed by atoms with E-state index in [2.05, 4.69) is 10.1 Å². The highest BCUT2D eigenvalue weighted by atomic mass is 16.5. The lowest BCUT2D eigenvalue weighted by molar-refractivity contribution is -0.116. The molecule has 5 heteroatoms. The fourth-order valence-electron chi connectivity index (χ4n) is 2.98. The van der Waals surface area contributed by atoms with Gasteiger partial charge in [0.25, 0.3) is 0 Å². The second-order valence-electron chi connectivity index (χ2n) is 6.44. The number of benzene rings is 2. The van der Waals surface area contributed by atoms with Gasteiger partial charge in [-0.1, -0.05) is 24.3 Å². The molecule has 2 aromatic heterocycles. The zero-order valence-electron chi connectivity index (χ0n) is 14.8. The molecule has 0 N–H and O–H groups in total. The fourth-order valence-corrected chi connectivity index (χ4v) is 2.98. The highest BCUT2D eigenvalue weighted by Crippen LogP contribution is 2.29. The van der Waals surface area contributed by atoms with Crippen molar-refractivity contribution in [3.8, 4) is 11.6 Å². The molecular weight excluding hydrogens is 326 g/mol. The number of aryl methyl sites for hydroxylation is 2. The highest BCUT2D eigenvalue weighted by Gasteiger charge is 2.11. The SMILES string of the molecule is CC(=O)CCc1ccc(Oc2nc3cc(C)nn3c3ccccc23)cc1. The Balaban J connectivity index is 1.69. The second kappa shape index (κ2) is 6.59. The summed E-state index contributed by atoms with van der Waals surface area (Å²) in [6, 6.07) is 17.7. The molecule has 2 heterocycles. The number of hydrogen-bond donors (Lipinski definition) is 0. The van der Waals surface area contributed by atoms with Crippen molar-refractivity contribution in [2.45, 2.75) is 26.7 Å². The number of ether oxygens (including phenoxy) is 1. The van der Waals surface area contributed by atoms with Crippen LogP contribution in [0.15, 0.2) is 54.6 Å². The summed E-state index contributed by atoms with van der Waals surface area (Å²) in [5, 5.41) is 5.41. The Morgan fingerprint density at radius 3 is 2.65 bits per heavy atom. The summed E-state index contributed by atoms with van der Waals surface area (Å²) < 4.78 is 7.91. The van der Waals surface area contributed by atoms with Crippen LogP contribution < -0.4 is 4.74 Å². The molecule has 0 unspecified atom stereocenters. The van der Waals surface area contributed by atoms with Gasteiger partial charge in [0.2, 0.25) is 5.88 Å². The van der Waals surface area contributed by atoms with Gasteiger partial charge >= 0.3 is 0 Å². The Hall–Kier alpha value is -3.21. The summed E-state index contributed by atoms with van der Waals surface area (Å²) in [4.78, 5) is 15.8. The molecule has 0 amide bonds. The summed E-state index contributed by atoms with van der Waals surface area (Å²) in [7, 11) is 0. The number of hydrogen-bond acceptors (Lipinski definition) is 4. The summed E-state index contributed by atoms with van der Waals surface area (Å²) in [6.07, 6.45) is 1.31. The predicted molar refractivity (Wildman–Crippen MR) is 101 cm³/mol. The second-order valence-corrected chi connectivity index (χ2v) is 6.44. The Kier molecular flexibility index (Phi) is 4.13. The zero-order chi connectivity index (χ0) is 18.1. The van der Waals surface area contributed by atoms with Crippen molar-refractivity contribution in [1.82, 2.24) is 14.6 Å². The van der Waals surface area contributed by atoms with Gasteiger partial charge in [-0.3, -0.25) is 0 Å². The highest BCUT2D eigenvalue weighted by molar-refractivity contribution is 5.86. The van der Waals surface area contributed by atoms with Crippen molar-refractivity contribution >= 4 is 22.3 Å². The van der Waals surface area contributed by atoms with Crippen LogP contribution in [0.3, 0.4) is 0 Å². The largest absolute Gasteiger partial charge is 0.438 e. The van der Waals surface area contributed by atoms with Crippen LogP contribution in [0.25, 0.3) is 16.6 Å². The molecule has 26 heavy (non-hydrogen) atoms. The third kappa shape index (κ3) is 3.16. The Bertz CT molecular complexity index is 1100. The molecule has 0 saturated carbocycles. The van der Waals surface area contributed by atoms with E-state index in [1.165, 1.54) is 0 Å². The molecule has 0 aliphatic rings. The Morgan fingerprint density at radius 1 is 1.12 bits per heavy atom. The number of fused-ring (bicyclic) bond motifs is 3. The number of ketones is 1. The average Bonchev–Trinajstić information content (AvgIpc) is 3.01. The van der Waals surface area contributed by atoms with E-state index in [0.29, 0.717) is 12.3 Å². The van der Waals surface area contributed by atoms with Crippen LogP contribution in [0, 0.1) is 6.92 Å². The summed E-state index contributed by atoms with van der Waals surface area (Å²) >= 11 is 0. The van der Waals surface area contributed by atoms with E-state index in [9.17, 15) is 4.79 Å². The molecule has 0 fully saturated rings. The van der Waals surface area contributed by atoms with Crippen LogP contribution in [0.1, 0.15) is 24.6 Å². The van der Waals surface area contributed by atoms with Gasteiger partial charge in [0.15, 0.2) is 5.65 Å². The van der Waals surface area contributed by atoms with Gasteiger partial charge in [0.1, 0.15) is 11.5 Å². The quantitative estimate of drug-likeness (QED) is 0.534. The van der Waals surface area contributed by atoms with E-state index < -0.39 is 0 Å². The maximum absolute atomic E-state index is 11.1. The third-order valence-electron chi connectivity index (χ3n) is 4.30. The average molecular weight is 345 g/mol. The molecule has 4 rings (SSSR count). The summed E-state index contributed by atoms with van der Waals surface area (Å²) in [5.74, 6) is 1.48. The molecule has 4 aromatic rings. The lowest BCUT2D eigenvalue weighted by Crippen LogP contribution is -1.97. The van der Waals surface area contributed by atoms with E-state index in [0.717, 1.165) is 40.0 Å². The van der Waals surface area contributed by atoms with Crippen molar-refractivity contribution < 1.29 is 9.53 Å². The number of nitrogens with zero attached hydrogens (tertiary/aromatic N) is 3. The number of aromatic nitrogens is 3. The lowest BCUT2D eigenvalue weighted by atomic mass is 10.1. The predicted octanol–water partition coefficient (Wildman–Crippen LogP) is 4.50. The Labute approximate surface area is 151 Å². The molecule has 5 nitrogen and oxygen atoms in total. The van der Waals surface area contributed by atoms with Gasteiger partial charge in [0, 0.05) is 12.5 Å². The molecule has 130 valence electrons. The first kappa shape index (κ1) is 16.3. The monoisotopic (exact) mass is 345 g/mol. The van der Waals surface area contributed by atoms with E-state index in [1.807, 2.05) is 66.0 Å². The third-order valence-corrected chi connectivity index (χ3v) is 4.30. The van der Waals surface area contributed by atoms with Gasteiger partial charge < -0.3 is 9.53 Å². The lowest BCUT2D eigenvalue weighted by Gasteiger charge is -2.10. The van der Waals surface area contributed by atoms with Gasteiger partial charge in [-0.15, -0.1) is 0 Å². The van der Waals surface area contributed by atoms with E-state index in [-0.39, 0.29) is 5.78 Å². The van der Waals surface area contributed by atoms with Gasteiger partial charge in [-0.05, 0) is 50.1 Å². The van der Waals surface area contributed by atoms with E-state index >= 15 is 0 Å². The summed E-state index contributed by atoms with van der Waals surface area (Å²) in [6.45, 7) is 3.56. The van der Waals surface area contributed by atoms with Crippen LogP contribution in [0.5, 0.6) is 11.6 Å². The molecule has 0 aliphatic heterocycles. The molecule has 0 radical (unpaired) electrons. The molecule has 0 bridgehead atoms. The van der Waals surface area contributed by atoms with Crippen LogP contribution in [-0.2, 0) is 11.2 Å². The molecule has 0 spiro atoms. The van der Waals surface area contributed by atoms with Crippen LogP contribution in [0.2, 0.25) is 0 Å². The van der Waals surface area contributed by atoms with Crippen LogP contribution in [-0.4, -0.2) is 20.4 Å². The molecule has 0 saturated heterocycles. The van der Waals surface area contributed by atoms with Gasteiger partial charge in [-0.25, -0.2) is 4.52 Å². The minimum absolute atomic E-state index is 0.199. The number of rotatable bonds is 5. The standard InChI is InChI=1S/C21H19N3O2/c1-14-13-20-22-21(18-5-3-4-6-19(18)24(20)23-14)26-17-11-9-16(10-12-17)8-7-15(2)25/h3-6,9-13H,7-8H2,1-2H3. The first-order valence-electron chi connectivity index (χ1n) is 8.61. The van der Waals surface area contributed by atoms with E-state index in [4.69, 9.17) is 4.74 Å². The molecule has 0 atom stereocenters. The minimum atomic E-state index is 0.199. The first-order valence-corrected chi connectivity index (χ1v) is 8.61. The Morgan fingerprint density at radius 2 is 1.88 bits per heavy atom. The molecule has 2 aromatic carbocycles.